The summed E-state index contributed by atoms with van der Waals surface area (Å²) in [5.74, 6) is 0. The van der Waals surface area contributed by atoms with Gasteiger partial charge in [-0.05, 0) is 18.6 Å². The van der Waals surface area contributed by atoms with E-state index in [0.717, 1.165) is 10.0 Å². The van der Waals surface area contributed by atoms with Crippen molar-refractivity contribution in [2.75, 3.05) is 0 Å². The van der Waals surface area contributed by atoms with E-state index in [1.807, 2.05) is 37.4 Å². The van der Waals surface area contributed by atoms with Gasteiger partial charge in [-0.2, -0.15) is 5.26 Å². The Kier molecular flexibility index (Phi) is 3.12. The molecule has 2 nitrogen and oxygen atoms in total. The zero-order valence-electron chi connectivity index (χ0n) is 6.71. The minimum absolute atomic E-state index is 0.0607. The summed E-state index contributed by atoms with van der Waals surface area (Å²) in [5.41, 5.74) is 1.10. The van der Waals surface area contributed by atoms with Crippen LogP contribution < -0.4 is 5.32 Å². The number of nitrogens with one attached hydrogen (secondary N) is 1. The van der Waals surface area contributed by atoms with Crippen molar-refractivity contribution < 1.29 is 0 Å². The fourth-order valence-corrected chi connectivity index (χ4v) is 1.63. The lowest BCUT2D eigenvalue weighted by molar-refractivity contribution is 0.694. The highest BCUT2D eigenvalue weighted by Crippen LogP contribution is 2.22. The summed E-state index contributed by atoms with van der Waals surface area (Å²) >= 11 is 3.42. The Labute approximate surface area is 80.3 Å². The topological polar surface area (TPSA) is 35.8 Å². The number of hydrogen-bond acceptors (Lipinski definition) is 2. The SMILES string of the molecule is C[C@@H](NC#N)c1ccccc1Br. The molecule has 1 N–H and O–H groups in total. The smallest absolute Gasteiger partial charge is 0.177 e. The average Bonchev–Trinajstić information content (AvgIpc) is 2.05. The Bertz CT molecular complexity index is 304. The van der Waals surface area contributed by atoms with Crippen molar-refractivity contribution in [3.8, 4) is 6.19 Å². The molecule has 0 heterocycles. The third-order valence-electron chi connectivity index (χ3n) is 1.65. The Hall–Kier alpha value is -1.01. The summed E-state index contributed by atoms with van der Waals surface area (Å²) in [7, 11) is 0. The average molecular weight is 225 g/mol. The zero-order chi connectivity index (χ0) is 8.97. The number of nitriles is 1. The Morgan fingerprint density at radius 2 is 2.17 bits per heavy atom. The molecule has 0 aliphatic rings. The minimum Gasteiger partial charge on any atom is -0.317 e. The minimum atomic E-state index is 0.0607. The lowest BCUT2D eigenvalue weighted by Gasteiger charge is -2.10. The van der Waals surface area contributed by atoms with Crippen LogP contribution in [0.25, 0.3) is 0 Å². The second kappa shape index (κ2) is 4.13. The molecular weight excluding hydrogens is 216 g/mol. The quantitative estimate of drug-likeness (QED) is 0.620. The molecule has 0 saturated carbocycles. The number of halogens is 1. The van der Waals surface area contributed by atoms with Crippen LogP contribution in [0.1, 0.15) is 18.5 Å². The fourth-order valence-electron chi connectivity index (χ4n) is 1.00. The van der Waals surface area contributed by atoms with E-state index in [1.165, 1.54) is 0 Å². The van der Waals surface area contributed by atoms with Crippen molar-refractivity contribution in [3.05, 3.63) is 34.3 Å². The molecule has 1 aromatic carbocycles. The second-order valence-corrected chi connectivity index (χ2v) is 3.35. The van der Waals surface area contributed by atoms with E-state index < -0.39 is 0 Å². The molecule has 0 aromatic heterocycles. The lowest BCUT2D eigenvalue weighted by Crippen LogP contribution is -2.11. The molecule has 0 fully saturated rings. The molecule has 62 valence electrons. The van der Waals surface area contributed by atoms with Crippen LogP contribution in [0.4, 0.5) is 0 Å². The molecule has 0 spiro atoms. The van der Waals surface area contributed by atoms with E-state index in [9.17, 15) is 0 Å². The van der Waals surface area contributed by atoms with Gasteiger partial charge in [0.05, 0.1) is 6.04 Å². The van der Waals surface area contributed by atoms with Crippen molar-refractivity contribution in [1.82, 2.24) is 5.32 Å². The first-order valence-electron chi connectivity index (χ1n) is 3.64. The van der Waals surface area contributed by atoms with Crippen LogP contribution in [0.15, 0.2) is 28.7 Å². The molecule has 3 heteroatoms. The molecule has 1 rings (SSSR count). The third-order valence-corrected chi connectivity index (χ3v) is 2.37. The highest BCUT2D eigenvalue weighted by atomic mass is 79.9. The second-order valence-electron chi connectivity index (χ2n) is 2.50. The molecule has 0 aliphatic heterocycles. The standard InChI is InChI=1S/C9H9BrN2/c1-7(12-6-11)8-4-2-3-5-9(8)10/h2-5,7,12H,1H3/t7-/m1/s1. The van der Waals surface area contributed by atoms with E-state index >= 15 is 0 Å². The predicted molar refractivity (Wildman–Crippen MR) is 51.3 cm³/mol. The van der Waals surface area contributed by atoms with Crippen LogP contribution in [0.2, 0.25) is 0 Å². The van der Waals surface area contributed by atoms with E-state index in [1.54, 1.807) is 0 Å². The van der Waals surface area contributed by atoms with Gasteiger partial charge in [0.15, 0.2) is 6.19 Å². The van der Waals surface area contributed by atoms with Gasteiger partial charge in [-0.1, -0.05) is 34.1 Å². The van der Waals surface area contributed by atoms with Crippen LogP contribution >= 0.6 is 15.9 Å². The van der Waals surface area contributed by atoms with Crippen LogP contribution in [0.3, 0.4) is 0 Å². The van der Waals surface area contributed by atoms with Gasteiger partial charge >= 0.3 is 0 Å². The fraction of sp³-hybridized carbons (Fsp3) is 0.222. The van der Waals surface area contributed by atoms with Crippen LogP contribution in [-0.4, -0.2) is 0 Å². The number of benzene rings is 1. The summed E-state index contributed by atoms with van der Waals surface area (Å²) in [6, 6.07) is 7.91. The first-order valence-corrected chi connectivity index (χ1v) is 4.44. The van der Waals surface area contributed by atoms with Crippen molar-refractivity contribution >= 4 is 15.9 Å². The predicted octanol–water partition coefficient (Wildman–Crippen LogP) is 2.58. The van der Waals surface area contributed by atoms with Crippen LogP contribution in [0, 0.1) is 11.5 Å². The first kappa shape index (κ1) is 9.08. The molecule has 1 aromatic rings. The molecule has 0 amide bonds. The summed E-state index contributed by atoms with van der Waals surface area (Å²) in [6.45, 7) is 1.95. The van der Waals surface area contributed by atoms with Crippen molar-refractivity contribution in [3.63, 3.8) is 0 Å². The summed E-state index contributed by atoms with van der Waals surface area (Å²) in [4.78, 5) is 0. The lowest BCUT2D eigenvalue weighted by atomic mass is 10.1. The van der Waals surface area contributed by atoms with Crippen molar-refractivity contribution in [1.29, 1.82) is 5.26 Å². The van der Waals surface area contributed by atoms with Crippen LogP contribution in [0.5, 0.6) is 0 Å². The molecule has 0 unspecified atom stereocenters. The maximum Gasteiger partial charge on any atom is 0.177 e. The largest absolute Gasteiger partial charge is 0.317 e. The Morgan fingerprint density at radius 1 is 1.50 bits per heavy atom. The Morgan fingerprint density at radius 3 is 2.75 bits per heavy atom. The molecule has 1 atom stereocenters. The maximum atomic E-state index is 8.41. The zero-order valence-corrected chi connectivity index (χ0v) is 8.30. The van der Waals surface area contributed by atoms with E-state index in [4.69, 9.17) is 5.26 Å². The van der Waals surface area contributed by atoms with Gasteiger partial charge in [-0.3, -0.25) is 0 Å². The maximum absolute atomic E-state index is 8.41. The van der Waals surface area contributed by atoms with Crippen molar-refractivity contribution in [2.24, 2.45) is 0 Å². The number of rotatable bonds is 2. The molecule has 0 radical (unpaired) electrons. The van der Waals surface area contributed by atoms with Gasteiger partial charge < -0.3 is 5.32 Å². The first-order chi connectivity index (χ1) is 5.75. The van der Waals surface area contributed by atoms with E-state index in [-0.39, 0.29) is 6.04 Å². The Balaban J connectivity index is 2.88. The van der Waals surface area contributed by atoms with Gasteiger partial charge in [-0.15, -0.1) is 0 Å². The van der Waals surface area contributed by atoms with Gasteiger partial charge in [0.2, 0.25) is 0 Å². The van der Waals surface area contributed by atoms with Gasteiger partial charge in [0.25, 0.3) is 0 Å². The third kappa shape index (κ3) is 1.99. The van der Waals surface area contributed by atoms with Crippen LogP contribution in [-0.2, 0) is 0 Å². The number of nitrogens with zero attached hydrogens (tertiary/aromatic N) is 1. The highest BCUT2D eigenvalue weighted by molar-refractivity contribution is 9.10. The molecular formula is C9H9BrN2. The van der Waals surface area contributed by atoms with Gasteiger partial charge in [0, 0.05) is 4.47 Å². The van der Waals surface area contributed by atoms with E-state index in [2.05, 4.69) is 21.2 Å². The van der Waals surface area contributed by atoms with E-state index in [0.29, 0.717) is 0 Å². The molecule has 0 saturated heterocycles. The molecule has 0 aliphatic carbocycles. The normalized spacial score (nSPS) is 11.8. The molecule has 0 bridgehead atoms. The highest BCUT2D eigenvalue weighted by Gasteiger charge is 2.05. The monoisotopic (exact) mass is 224 g/mol. The van der Waals surface area contributed by atoms with Gasteiger partial charge in [-0.25, -0.2) is 0 Å². The van der Waals surface area contributed by atoms with Crippen molar-refractivity contribution in [2.45, 2.75) is 13.0 Å². The summed E-state index contributed by atoms with van der Waals surface area (Å²) in [5, 5.41) is 11.1. The molecule has 12 heavy (non-hydrogen) atoms. The number of hydrogen-bond donors (Lipinski definition) is 1. The van der Waals surface area contributed by atoms with Gasteiger partial charge in [0.1, 0.15) is 0 Å². The summed E-state index contributed by atoms with van der Waals surface area (Å²) in [6.07, 6.45) is 1.92. The summed E-state index contributed by atoms with van der Waals surface area (Å²) < 4.78 is 1.03.